The molecule has 1 aromatic carbocycles. The molecule has 1 aromatic rings. The van der Waals surface area contributed by atoms with Crippen LogP contribution in [0, 0.1) is 12.8 Å². The number of fused-ring (bicyclic) bond motifs is 1. The van der Waals surface area contributed by atoms with Crippen LogP contribution in [0.3, 0.4) is 0 Å². The number of carbonyl (C=O) groups is 1. The summed E-state index contributed by atoms with van der Waals surface area (Å²) in [7, 11) is 0. The first-order valence-electron chi connectivity index (χ1n) is 8.81. The molecule has 120 valence electrons. The average Bonchev–Trinajstić information content (AvgIpc) is 2.98. The van der Waals surface area contributed by atoms with Gasteiger partial charge < -0.3 is 5.32 Å². The number of amides is 1. The first kappa shape index (κ1) is 15.5. The van der Waals surface area contributed by atoms with Gasteiger partial charge in [0.1, 0.15) is 0 Å². The maximum atomic E-state index is 12.4. The highest BCUT2D eigenvalue weighted by Gasteiger charge is 2.36. The zero-order valence-corrected chi connectivity index (χ0v) is 13.7. The Morgan fingerprint density at radius 3 is 2.95 bits per heavy atom. The van der Waals surface area contributed by atoms with Gasteiger partial charge in [-0.05, 0) is 44.7 Å². The van der Waals surface area contributed by atoms with E-state index in [0.29, 0.717) is 11.9 Å². The molecular weight excluding hydrogens is 272 g/mol. The topological polar surface area (TPSA) is 32.3 Å². The van der Waals surface area contributed by atoms with Gasteiger partial charge in [-0.3, -0.25) is 9.69 Å². The Labute approximate surface area is 134 Å². The Morgan fingerprint density at radius 2 is 2.09 bits per heavy atom. The van der Waals surface area contributed by atoms with Crippen molar-refractivity contribution in [2.75, 3.05) is 13.1 Å². The van der Waals surface area contributed by atoms with Gasteiger partial charge in [0.25, 0.3) is 0 Å². The highest BCUT2D eigenvalue weighted by molar-refractivity contribution is 5.79. The number of nitrogens with one attached hydrogen (secondary N) is 1. The van der Waals surface area contributed by atoms with Crippen molar-refractivity contribution in [1.29, 1.82) is 0 Å². The number of rotatable bonds is 2. The van der Waals surface area contributed by atoms with Crippen molar-refractivity contribution in [2.24, 2.45) is 5.92 Å². The van der Waals surface area contributed by atoms with Crippen LogP contribution in [0.4, 0.5) is 0 Å². The number of aryl methyl sites for hydroxylation is 1. The van der Waals surface area contributed by atoms with Crippen LogP contribution in [-0.4, -0.2) is 29.9 Å². The fourth-order valence-corrected chi connectivity index (χ4v) is 4.05. The Balaban J connectivity index is 1.77. The minimum absolute atomic E-state index is 0.197. The molecule has 3 nitrogen and oxygen atoms in total. The maximum absolute atomic E-state index is 12.4. The molecule has 1 N–H and O–H groups in total. The summed E-state index contributed by atoms with van der Waals surface area (Å²) in [6.07, 6.45) is 6.98. The lowest BCUT2D eigenvalue weighted by atomic mass is 9.98. The monoisotopic (exact) mass is 300 g/mol. The SMILES string of the molecule is Cc1cccc(CN2CCCCCNC(=O)[C@@H]3CCC[C@@H]32)c1. The Kier molecular flexibility index (Phi) is 5.14. The molecule has 22 heavy (non-hydrogen) atoms. The number of hydrogen-bond donors (Lipinski definition) is 1. The van der Waals surface area contributed by atoms with E-state index in [9.17, 15) is 4.79 Å². The molecule has 1 aliphatic heterocycles. The second kappa shape index (κ2) is 7.28. The van der Waals surface area contributed by atoms with E-state index in [1.807, 2.05) is 0 Å². The van der Waals surface area contributed by atoms with Gasteiger partial charge in [-0.2, -0.15) is 0 Å². The summed E-state index contributed by atoms with van der Waals surface area (Å²) in [5.41, 5.74) is 2.70. The first-order chi connectivity index (χ1) is 10.7. The zero-order valence-electron chi connectivity index (χ0n) is 13.7. The molecule has 0 bridgehead atoms. The van der Waals surface area contributed by atoms with Crippen LogP contribution >= 0.6 is 0 Å². The normalized spacial score (nSPS) is 27.2. The Bertz CT molecular complexity index is 514. The van der Waals surface area contributed by atoms with Gasteiger partial charge in [-0.1, -0.05) is 42.7 Å². The van der Waals surface area contributed by atoms with Crippen molar-refractivity contribution < 1.29 is 4.79 Å². The van der Waals surface area contributed by atoms with Gasteiger partial charge >= 0.3 is 0 Å². The second-order valence-electron chi connectivity index (χ2n) is 6.92. The number of benzene rings is 1. The van der Waals surface area contributed by atoms with E-state index in [-0.39, 0.29) is 5.92 Å². The van der Waals surface area contributed by atoms with E-state index in [1.165, 1.54) is 36.8 Å². The summed E-state index contributed by atoms with van der Waals surface area (Å²) in [6, 6.07) is 9.22. The fraction of sp³-hybridized carbons (Fsp3) is 0.632. The Hall–Kier alpha value is -1.35. The van der Waals surface area contributed by atoms with Crippen molar-refractivity contribution in [1.82, 2.24) is 10.2 Å². The lowest BCUT2D eigenvalue weighted by molar-refractivity contribution is -0.126. The van der Waals surface area contributed by atoms with E-state index in [2.05, 4.69) is 41.4 Å². The zero-order chi connectivity index (χ0) is 15.4. The molecular formula is C19H28N2O. The van der Waals surface area contributed by atoms with Gasteiger partial charge in [0, 0.05) is 19.1 Å². The van der Waals surface area contributed by atoms with Crippen LogP contribution in [0.5, 0.6) is 0 Å². The van der Waals surface area contributed by atoms with Crippen molar-refractivity contribution in [2.45, 2.75) is 58.0 Å². The molecule has 1 saturated carbocycles. The van der Waals surface area contributed by atoms with Gasteiger partial charge in [0.15, 0.2) is 0 Å². The molecule has 2 aliphatic rings. The number of hydrogen-bond acceptors (Lipinski definition) is 2. The Morgan fingerprint density at radius 1 is 1.18 bits per heavy atom. The summed E-state index contributed by atoms with van der Waals surface area (Å²) in [5, 5.41) is 3.15. The van der Waals surface area contributed by atoms with E-state index in [1.54, 1.807) is 0 Å². The molecule has 3 heteroatoms. The molecule has 0 spiro atoms. The third-order valence-corrected chi connectivity index (χ3v) is 5.17. The predicted octanol–water partition coefficient (Wildman–Crippen LogP) is 3.27. The van der Waals surface area contributed by atoms with Gasteiger partial charge in [0.05, 0.1) is 5.92 Å². The minimum atomic E-state index is 0.197. The van der Waals surface area contributed by atoms with Crippen molar-refractivity contribution in [3.8, 4) is 0 Å². The highest BCUT2D eigenvalue weighted by Crippen LogP contribution is 2.32. The van der Waals surface area contributed by atoms with Crippen LogP contribution in [-0.2, 0) is 11.3 Å². The van der Waals surface area contributed by atoms with Crippen LogP contribution in [0.2, 0.25) is 0 Å². The summed E-state index contributed by atoms with van der Waals surface area (Å²) in [6.45, 7) is 5.12. The molecule has 1 saturated heterocycles. The maximum Gasteiger partial charge on any atom is 0.224 e. The summed E-state index contributed by atoms with van der Waals surface area (Å²) in [5.74, 6) is 0.488. The first-order valence-corrected chi connectivity index (χ1v) is 8.81. The molecule has 2 atom stereocenters. The highest BCUT2D eigenvalue weighted by atomic mass is 16.1. The van der Waals surface area contributed by atoms with E-state index >= 15 is 0 Å². The van der Waals surface area contributed by atoms with Gasteiger partial charge in [-0.25, -0.2) is 0 Å². The quantitative estimate of drug-likeness (QED) is 0.909. The summed E-state index contributed by atoms with van der Waals surface area (Å²) in [4.78, 5) is 15.0. The van der Waals surface area contributed by atoms with Crippen LogP contribution < -0.4 is 5.32 Å². The summed E-state index contributed by atoms with van der Waals surface area (Å²) < 4.78 is 0. The number of carbonyl (C=O) groups excluding carboxylic acids is 1. The van der Waals surface area contributed by atoms with Crippen molar-refractivity contribution in [3.05, 3.63) is 35.4 Å². The smallest absolute Gasteiger partial charge is 0.224 e. The molecule has 0 aromatic heterocycles. The minimum Gasteiger partial charge on any atom is -0.356 e. The van der Waals surface area contributed by atoms with E-state index < -0.39 is 0 Å². The molecule has 1 heterocycles. The van der Waals surface area contributed by atoms with Crippen LogP contribution in [0.25, 0.3) is 0 Å². The van der Waals surface area contributed by atoms with Gasteiger partial charge in [0.2, 0.25) is 5.91 Å². The van der Waals surface area contributed by atoms with E-state index in [0.717, 1.165) is 32.5 Å². The second-order valence-corrected chi connectivity index (χ2v) is 6.92. The summed E-state index contributed by atoms with van der Waals surface area (Å²) >= 11 is 0. The van der Waals surface area contributed by atoms with Crippen molar-refractivity contribution >= 4 is 5.91 Å². The molecule has 3 rings (SSSR count). The molecule has 2 fully saturated rings. The molecule has 1 amide bonds. The van der Waals surface area contributed by atoms with Crippen LogP contribution in [0.1, 0.15) is 49.7 Å². The predicted molar refractivity (Wildman–Crippen MR) is 89.6 cm³/mol. The standard InChI is InChI=1S/C19H28N2O/c1-15-7-5-8-16(13-15)14-21-12-4-2-3-11-20-19(22)17-9-6-10-18(17)21/h5,7-8,13,17-18H,2-4,6,9-12,14H2,1H3,(H,20,22)/t17-,18+/m1/s1. The van der Waals surface area contributed by atoms with Crippen LogP contribution in [0.15, 0.2) is 24.3 Å². The fourth-order valence-electron chi connectivity index (χ4n) is 4.05. The lowest BCUT2D eigenvalue weighted by Gasteiger charge is -2.33. The van der Waals surface area contributed by atoms with Gasteiger partial charge in [-0.15, -0.1) is 0 Å². The molecule has 0 unspecified atom stereocenters. The molecule has 1 aliphatic carbocycles. The van der Waals surface area contributed by atoms with Crippen molar-refractivity contribution in [3.63, 3.8) is 0 Å². The third kappa shape index (κ3) is 3.70. The van der Waals surface area contributed by atoms with E-state index in [4.69, 9.17) is 0 Å². The lowest BCUT2D eigenvalue weighted by Crippen LogP contribution is -2.45. The number of nitrogens with zero attached hydrogens (tertiary/aromatic N) is 1. The molecule has 0 radical (unpaired) electrons. The third-order valence-electron chi connectivity index (χ3n) is 5.17. The average molecular weight is 300 g/mol. The largest absolute Gasteiger partial charge is 0.356 e.